The lowest BCUT2D eigenvalue weighted by Gasteiger charge is -2.47. The van der Waals surface area contributed by atoms with E-state index in [9.17, 15) is 0 Å². The van der Waals surface area contributed by atoms with Gasteiger partial charge in [0.25, 0.3) is 0 Å². The lowest BCUT2D eigenvalue weighted by molar-refractivity contribution is -0.105. The zero-order valence-corrected chi connectivity index (χ0v) is 12.9. The second-order valence-corrected chi connectivity index (χ2v) is 6.66. The summed E-state index contributed by atoms with van der Waals surface area (Å²) in [6, 6.07) is 0.394. The van der Waals surface area contributed by atoms with Crippen LogP contribution in [0.2, 0.25) is 0 Å². The van der Waals surface area contributed by atoms with Gasteiger partial charge in [0.15, 0.2) is 0 Å². The summed E-state index contributed by atoms with van der Waals surface area (Å²) in [6.45, 7) is 13.8. The van der Waals surface area contributed by atoms with E-state index in [0.29, 0.717) is 11.5 Å². The van der Waals surface area contributed by atoms with Gasteiger partial charge in [-0.15, -0.1) is 6.58 Å². The molecule has 0 aromatic rings. The molecule has 0 saturated heterocycles. The van der Waals surface area contributed by atoms with Gasteiger partial charge in [0.2, 0.25) is 0 Å². The van der Waals surface area contributed by atoms with Gasteiger partial charge in [-0.05, 0) is 58.4 Å². The minimum Gasteiger partial charge on any atom is -0.374 e. The van der Waals surface area contributed by atoms with E-state index in [0.717, 1.165) is 25.9 Å². The van der Waals surface area contributed by atoms with Crippen LogP contribution in [0.15, 0.2) is 12.2 Å². The number of hydrogen-bond donors (Lipinski definition) is 1. The molecule has 0 radical (unpaired) electrons. The van der Waals surface area contributed by atoms with Crippen LogP contribution in [-0.4, -0.2) is 25.3 Å². The molecule has 18 heavy (non-hydrogen) atoms. The summed E-state index contributed by atoms with van der Waals surface area (Å²) >= 11 is 0. The second kappa shape index (κ2) is 6.21. The molecule has 0 heterocycles. The van der Waals surface area contributed by atoms with Crippen molar-refractivity contribution in [3.05, 3.63) is 12.2 Å². The predicted octanol–water partition coefficient (Wildman–Crippen LogP) is 3.92. The van der Waals surface area contributed by atoms with Crippen molar-refractivity contribution in [1.82, 2.24) is 5.32 Å². The van der Waals surface area contributed by atoms with E-state index in [2.05, 4.69) is 39.6 Å². The van der Waals surface area contributed by atoms with E-state index in [1.54, 1.807) is 0 Å². The summed E-state index contributed by atoms with van der Waals surface area (Å²) in [6.07, 6.45) is 5.83. The minimum atomic E-state index is 0.0119. The predicted molar refractivity (Wildman–Crippen MR) is 78.9 cm³/mol. The lowest BCUT2D eigenvalue weighted by atomic mass is 9.67. The number of likely N-dealkylation sites (N-methyl/N-ethyl adjacent to an activating group) is 1. The highest BCUT2D eigenvalue weighted by molar-refractivity contribution is 5.04. The molecule has 0 aromatic heterocycles. The first kappa shape index (κ1) is 15.7. The molecule has 0 spiro atoms. The van der Waals surface area contributed by atoms with Crippen LogP contribution in [0.25, 0.3) is 0 Å². The maximum absolute atomic E-state index is 6.21. The van der Waals surface area contributed by atoms with Gasteiger partial charge in [0.1, 0.15) is 0 Å². The van der Waals surface area contributed by atoms with E-state index in [4.69, 9.17) is 4.74 Å². The Kier molecular flexibility index (Phi) is 5.42. The van der Waals surface area contributed by atoms with E-state index >= 15 is 0 Å². The van der Waals surface area contributed by atoms with Crippen molar-refractivity contribution in [2.24, 2.45) is 5.41 Å². The first-order valence-corrected chi connectivity index (χ1v) is 7.31. The van der Waals surface area contributed by atoms with Crippen LogP contribution in [0.1, 0.15) is 59.8 Å². The average molecular weight is 253 g/mol. The van der Waals surface area contributed by atoms with E-state index in [1.165, 1.54) is 18.4 Å². The van der Waals surface area contributed by atoms with Crippen molar-refractivity contribution >= 4 is 0 Å². The molecule has 1 aliphatic rings. The fraction of sp³-hybridized carbons (Fsp3) is 0.875. The number of rotatable bonds is 6. The van der Waals surface area contributed by atoms with Crippen molar-refractivity contribution in [1.29, 1.82) is 0 Å². The molecule has 1 atom stereocenters. The molecule has 1 N–H and O–H groups in total. The summed E-state index contributed by atoms with van der Waals surface area (Å²) in [5.41, 5.74) is 1.72. The standard InChI is InChI=1S/C16H31NO/c1-7-18-16(14(17-6)12-13(2)3)10-8-15(4,5)9-11-16/h14,17H,2,7-12H2,1,3-6H3. The maximum atomic E-state index is 6.21. The molecule has 1 aliphatic carbocycles. The molecule has 0 aliphatic heterocycles. The summed E-state index contributed by atoms with van der Waals surface area (Å²) < 4.78 is 6.21. The van der Waals surface area contributed by atoms with Crippen LogP contribution < -0.4 is 5.32 Å². The van der Waals surface area contributed by atoms with Crippen LogP contribution in [0.3, 0.4) is 0 Å². The third kappa shape index (κ3) is 3.83. The third-order valence-electron chi connectivity index (χ3n) is 4.42. The van der Waals surface area contributed by atoms with Gasteiger partial charge in [-0.3, -0.25) is 0 Å². The molecule has 0 amide bonds. The van der Waals surface area contributed by atoms with Crippen molar-refractivity contribution < 1.29 is 4.74 Å². The molecule has 1 saturated carbocycles. The monoisotopic (exact) mass is 253 g/mol. The Morgan fingerprint density at radius 2 is 1.83 bits per heavy atom. The average Bonchev–Trinajstić information content (AvgIpc) is 2.29. The van der Waals surface area contributed by atoms with Crippen LogP contribution in [-0.2, 0) is 4.74 Å². The van der Waals surface area contributed by atoms with Gasteiger partial charge in [-0.2, -0.15) is 0 Å². The Balaban J connectivity index is 2.82. The fourth-order valence-electron chi connectivity index (χ4n) is 3.13. The summed E-state index contributed by atoms with van der Waals surface area (Å²) in [7, 11) is 2.05. The quantitative estimate of drug-likeness (QED) is 0.725. The normalized spacial score (nSPS) is 23.6. The zero-order chi connectivity index (χ0) is 13.8. The molecule has 106 valence electrons. The van der Waals surface area contributed by atoms with Gasteiger partial charge in [0, 0.05) is 12.6 Å². The largest absolute Gasteiger partial charge is 0.374 e. The number of ether oxygens (including phenoxy) is 1. The number of nitrogens with one attached hydrogen (secondary N) is 1. The molecule has 2 heteroatoms. The highest BCUT2D eigenvalue weighted by Gasteiger charge is 2.43. The Morgan fingerprint density at radius 3 is 2.22 bits per heavy atom. The van der Waals surface area contributed by atoms with E-state index < -0.39 is 0 Å². The Bertz CT molecular complexity index is 273. The smallest absolute Gasteiger partial charge is 0.0838 e. The van der Waals surface area contributed by atoms with Gasteiger partial charge < -0.3 is 10.1 Å². The molecular formula is C16H31NO. The van der Waals surface area contributed by atoms with Crippen molar-refractivity contribution in [3.63, 3.8) is 0 Å². The highest BCUT2D eigenvalue weighted by Crippen LogP contribution is 2.44. The van der Waals surface area contributed by atoms with Crippen LogP contribution in [0.5, 0.6) is 0 Å². The van der Waals surface area contributed by atoms with Crippen molar-refractivity contribution in [3.8, 4) is 0 Å². The SMILES string of the molecule is C=C(C)CC(NC)C1(OCC)CCC(C)(C)CC1. The summed E-state index contributed by atoms with van der Waals surface area (Å²) in [5, 5.41) is 3.47. The maximum Gasteiger partial charge on any atom is 0.0838 e. The Labute approximate surface area is 113 Å². The van der Waals surface area contributed by atoms with Crippen LogP contribution in [0, 0.1) is 5.41 Å². The topological polar surface area (TPSA) is 21.3 Å². The molecule has 2 nitrogen and oxygen atoms in total. The van der Waals surface area contributed by atoms with E-state index in [-0.39, 0.29) is 5.60 Å². The van der Waals surface area contributed by atoms with Crippen molar-refractivity contribution in [2.45, 2.75) is 71.4 Å². The first-order chi connectivity index (χ1) is 8.35. The molecule has 0 aromatic carbocycles. The van der Waals surface area contributed by atoms with Gasteiger partial charge in [-0.1, -0.05) is 19.4 Å². The van der Waals surface area contributed by atoms with Crippen LogP contribution in [0.4, 0.5) is 0 Å². The van der Waals surface area contributed by atoms with Gasteiger partial charge in [-0.25, -0.2) is 0 Å². The zero-order valence-electron chi connectivity index (χ0n) is 12.9. The van der Waals surface area contributed by atoms with Crippen molar-refractivity contribution in [2.75, 3.05) is 13.7 Å². The third-order valence-corrected chi connectivity index (χ3v) is 4.42. The fourth-order valence-corrected chi connectivity index (χ4v) is 3.13. The molecule has 0 bridgehead atoms. The summed E-state index contributed by atoms with van der Waals surface area (Å²) in [5.74, 6) is 0. The first-order valence-electron chi connectivity index (χ1n) is 7.31. The molecular weight excluding hydrogens is 222 g/mol. The second-order valence-electron chi connectivity index (χ2n) is 6.66. The Hall–Kier alpha value is -0.340. The van der Waals surface area contributed by atoms with Gasteiger partial charge >= 0.3 is 0 Å². The summed E-state index contributed by atoms with van der Waals surface area (Å²) in [4.78, 5) is 0. The van der Waals surface area contributed by atoms with Gasteiger partial charge in [0.05, 0.1) is 5.60 Å². The Morgan fingerprint density at radius 1 is 1.28 bits per heavy atom. The van der Waals surface area contributed by atoms with Crippen LogP contribution >= 0.6 is 0 Å². The highest BCUT2D eigenvalue weighted by atomic mass is 16.5. The number of hydrogen-bond acceptors (Lipinski definition) is 2. The van der Waals surface area contributed by atoms with E-state index in [1.807, 2.05) is 7.05 Å². The molecule has 1 unspecified atom stereocenters. The molecule has 1 fully saturated rings. The minimum absolute atomic E-state index is 0.0119. The molecule has 1 rings (SSSR count). The lowest BCUT2D eigenvalue weighted by Crippen LogP contribution is -2.54.